The highest BCUT2D eigenvalue weighted by molar-refractivity contribution is 6.07. The maximum absolute atomic E-state index is 12.9. The van der Waals surface area contributed by atoms with E-state index in [1.165, 1.54) is 21.6 Å². The Kier molecular flexibility index (Phi) is 5.36. The van der Waals surface area contributed by atoms with Crippen molar-refractivity contribution in [3.8, 4) is 0 Å². The van der Waals surface area contributed by atoms with Gasteiger partial charge in [0.1, 0.15) is 5.54 Å². The third kappa shape index (κ3) is 3.65. The van der Waals surface area contributed by atoms with E-state index in [9.17, 15) is 14.4 Å². The van der Waals surface area contributed by atoms with Gasteiger partial charge in [-0.1, -0.05) is 36.6 Å². The molecular weight excluding hydrogens is 366 g/mol. The van der Waals surface area contributed by atoms with E-state index in [0.717, 1.165) is 45.1 Å². The number of hydrogen-bond donors (Lipinski definition) is 1. The first kappa shape index (κ1) is 19.9. The Morgan fingerprint density at radius 1 is 1.17 bits per heavy atom. The molecule has 1 aliphatic carbocycles. The van der Waals surface area contributed by atoms with E-state index in [1.54, 1.807) is 0 Å². The van der Waals surface area contributed by atoms with Crippen LogP contribution in [0.25, 0.3) is 0 Å². The number of carbonyl (C=O) groups is 3. The first-order valence-corrected chi connectivity index (χ1v) is 10.9. The molecule has 4 amide bonds. The van der Waals surface area contributed by atoms with Crippen LogP contribution in [0.4, 0.5) is 4.79 Å². The Hall–Kier alpha value is -2.37. The number of likely N-dealkylation sites (tertiary alicyclic amines) is 1. The summed E-state index contributed by atoms with van der Waals surface area (Å²) >= 11 is 0. The normalized spacial score (nSPS) is 23.3. The topological polar surface area (TPSA) is 69.7 Å². The van der Waals surface area contributed by atoms with E-state index < -0.39 is 5.54 Å². The number of carbonyl (C=O) groups excluding carboxylic acids is 3. The van der Waals surface area contributed by atoms with Crippen LogP contribution in [0.1, 0.15) is 74.1 Å². The highest BCUT2D eigenvalue weighted by Gasteiger charge is 2.52. The zero-order chi connectivity index (χ0) is 20.6. The molecule has 2 heterocycles. The molecule has 3 aliphatic rings. The van der Waals surface area contributed by atoms with Gasteiger partial charge in [0, 0.05) is 19.5 Å². The SMILES string of the molecule is Cc1ccc(C)c(C2CCCN2C(=O)CCCN2C(=O)NC3(CCCC3)C2=O)c1. The van der Waals surface area contributed by atoms with E-state index >= 15 is 0 Å². The Morgan fingerprint density at radius 3 is 2.69 bits per heavy atom. The highest BCUT2D eigenvalue weighted by Crippen LogP contribution is 2.36. The van der Waals surface area contributed by atoms with Crippen LogP contribution in [0.2, 0.25) is 0 Å². The largest absolute Gasteiger partial charge is 0.336 e. The van der Waals surface area contributed by atoms with Crippen molar-refractivity contribution in [3.05, 3.63) is 34.9 Å². The summed E-state index contributed by atoms with van der Waals surface area (Å²) in [6, 6.07) is 6.27. The van der Waals surface area contributed by atoms with Crippen molar-refractivity contribution in [1.29, 1.82) is 0 Å². The third-order valence-corrected chi connectivity index (χ3v) is 6.84. The van der Waals surface area contributed by atoms with Gasteiger partial charge in [0.05, 0.1) is 6.04 Å². The van der Waals surface area contributed by atoms with Crippen molar-refractivity contribution in [2.24, 2.45) is 0 Å². The van der Waals surface area contributed by atoms with Gasteiger partial charge in [0.2, 0.25) is 5.91 Å². The van der Waals surface area contributed by atoms with E-state index in [1.807, 2.05) is 4.90 Å². The van der Waals surface area contributed by atoms with Gasteiger partial charge in [-0.25, -0.2) is 4.79 Å². The minimum absolute atomic E-state index is 0.0955. The smallest absolute Gasteiger partial charge is 0.325 e. The molecule has 3 fully saturated rings. The van der Waals surface area contributed by atoms with E-state index in [-0.39, 0.29) is 23.9 Å². The standard InChI is InChI=1S/C23H31N3O3/c1-16-9-10-17(2)18(15-16)19-7-5-13-25(19)20(27)8-6-14-26-21(28)23(24-22(26)29)11-3-4-12-23/h9-10,15,19H,3-8,11-14H2,1-2H3,(H,24,29). The molecule has 0 aromatic heterocycles. The molecule has 6 heteroatoms. The molecule has 1 saturated carbocycles. The minimum Gasteiger partial charge on any atom is -0.336 e. The number of benzene rings is 1. The number of nitrogens with one attached hydrogen (secondary N) is 1. The first-order chi connectivity index (χ1) is 13.9. The Labute approximate surface area is 172 Å². The lowest BCUT2D eigenvalue weighted by atomic mass is 9.97. The van der Waals surface area contributed by atoms with Gasteiger partial charge in [-0.05, 0) is 57.1 Å². The Balaban J connectivity index is 1.35. The average molecular weight is 398 g/mol. The van der Waals surface area contributed by atoms with Crippen LogP contribution in [0.3, 0.4) is 0 Å². The molecule has 156 valence electrons. The second-order valence-corrected chi connectivity index (χ2v) is 8.88. The molecule has 1 unspecified atom stereocenters. The Morgan fingerprint density at radius 2 is 1.93 bits per heavy atom. The lowest BCUT2D eigenvalue weighted by Gasteiger charge is -2.27. The summed E-state index contributed by atoms with van der Waals surface area (Å²) in [5, 5.41) is 2.90. The van der Waals surface area contributed by atoms with Crippen LogP contribution in [0, 0.1) is 13.8 Å². The van der Waals surface area contributed by atoms with Gasteiger partial charge in [0.25, 0.3) is 5.91 Å². The highest BCUT2D eigenvalue weighted by atomic mass is 16.2. The van der Waals surface area contributed by atoms with Crippen LogP contribution in [0.15, 0.2) is 18.2 Å². The second kappa shape index (κ2) is 7.81. The van der Waals surface area contributed by atoms with Crippen molar-refractivity contribution in [2.45, 2.75) is 76.8 Å². The number of urea groups is 1. The van der Waals surface area contributed by atoms with Crippen molar-refractivity contribution in [2.75, 3.05) is 13.1 Å². The molecular formula is C23H31N3O3. The van der Waals surface area contributed by atoms with Gasteiger partial charge < -0.3 is 10.2 Å². The van der Waals surface area contributed by atoms with Crippen molar-refractivity contribution >= 4 is 17.8 Å². The quantitative estimate of drug-likeness (QED) is 0.772. The summed E-state index contributed by atoms with van der Waals surface area (Å²) in [6.45, 7) is 5.29. The summed E-state index contributed by atoms with van der Waals surface area (Å²) < 4.78 is 0. The number of rotatable bonds is 5. The second-order valence-electron chi connectivity index (χ2n) is 8.88. The number of nitrogens with zero attached hydrogens (tertiary/aromatic N) is 2. The summed E-state index contributed by atoms with van der Waals surface area (Å²) in [5.74, 6) is 0.0259. The minimum atomic E-state index is -0.663. The zero-order valence-electron chi connectivity index (χ0n) is 17.5. The lowest BCUT2D eigenvalue weighted by Crippen LogP contribution is -2.44. The van der Waals surface area contributed by atoms with Gasteiger partial charge >= 0.3 is 6.03 Å². The van der Waals surface area contributed by atoms with Gasteiger partial charge in [-0.15, -0.1) is 0 Å². The van der Waals surface area contributed by atoms with Crippen molar-refractivity contribution in [3.63, 3.8) is 0 Å². The molecule has 1 N–H and O–H groups in total. The maximum Gasteiger partial charge on any atom is 0.325 e. The molecule has 1 atom stereocenters. The van der Waals surface area contributed by atoms with Crippen LogP contribution in [-0.2, 0) is 9.59 Å². The number of imide groups is 1. The van der Waals surface area contributed by atoms with Crippen molar-refractivity contribution < 1.29 is 14.4 Å². The molecule has 1 aromatic carbocycles. The van der Waals surface area contributed by atoms with Gasteiger partial charge in [0.15, 0.2) is 0 Å². The fourth-order valence-electron chi connectivity index (χ4n) is 5.24. The summed E-state index contributed by atoms with van der Waals surface area (Å²) in [6.07, 6.45) is 6.32. The fourth-order valence-corrected chi connectivity index (χ4v) is 5.24. The molecule has 2 saturated heterocycles. The van der Waals surface area contributed by atoms with Crippen LogP contribution < -0.4 is 5.32 Å². The van der Waals surface area contributed by atoms with Crippen LogP contribution >= 0.6 is 0 Å². The predicted molar refractivity (Wildman–Crippen MR) is 110 cm³/mol. The first-order valence-electron chi connectivity index (χ1n) is 10.9. The third-order valence-electron chi connectivity index (χ3n) is 6.84. The molecule has 29 heavy (non-hydrogen) atoms. The van der Waals surface area contributed by atoms with E-state index in [0.29, 0.717) is 19.4 Å². The molecule has 6 nitrogen and oxygen atoms in total. The summed E-state index contributed by atoms with van der Waals surface area (Å²) in [7, 11) is 0. The van der Waals surface area contributed by atoms with Crippen LogP contribution in [0.5, 0.6) is 0 Å². The number of hydrogen-bond acceptors (Lipinski definition) is 3. The van der Waals surface area contributed by atoms with Gasteiger partial charge in [-0.2, -0.15) is 0 Å². The molecule has 2 aliphatic heterocycles. The fraction of sp³-hybridized carbons (Fsp3) is 0.609. The zero-order valence-corrected chi connectivity index (χ0v) is 17.5. The molecule has 0 bridgehead atoms. The molecule has 4 rings (SSSR count). The van der Waals surface area contributed by atoms with E-state index in [4.69, 9.17) is 0 Å². The van der Waals surface area contributed by atoms with Crippen LogP contribution in [-0.4, -0.2) is 46.3 Å². The summed E-state index contributed by atoms with van der Waals surface area (Å²) in [5.41, 5.74) is 3.02. The average Bonchev–Trinajstić information content (AvgIpc) is 3.40. The number of aryl methyl sites for hydroxylation is 2. The maximum atomic E-state index is 12.9. The Bertz CT molecular complexity index is 829. The molecule has 0 radical (unpaired) electrons. The van der Waals surface area contributed by atoms with E-state index in [2.05, 4.69) is 37.4 Å². The van der Waals surface area contributed by atoms with Gasteiger partial charge in [-0.3, -0.25) is 14.5 Å². The molecule has 1 spiro atoms. The molecule has 1 aromatic rings. The number of amides is 4. The monoisotopic (exact) mass is 397 g/mol. The lowest BCUT2D eigenvalue weighted by molar-refractivity contribution is -0.134. The van der Waals surface area contributed by atoms with Crippen molar-refractivity contribution in [1.82, 2.24) is 15.1 Å². The predicted octanol–water partition coefficient (Wildman–Crippen LogP) is 3.61. The summed E-state index contributed by atoms with van der Waals surface area (Å²) in [4.78, 5) is 41.3.